The molecule has 2 rings (SSSR count). The molecule has 0 saturated heterocycles. The van der Waals surface area contributed by atoms with Crippen LogP contribution in [-0.2, 0) is 6.42 Å². The minimum Gasteiger partial charge on any atom is -0.303 e. The normalized spacial score (nSPS) is 18.0. The van der Waals surface area contributed by atoms with E-state index < -0.39 is 0 Å². The van der Waals surface area contributed by atoms with Gasteiger partial charge in [0.2, 0.25) is 0 Å². The van der Waals surface area contributed by atoms with E-state index in [1.165, 1.54) is 71.0 Å². The van der Waals surface area contributed by atoms with E-state index in [9.17, 15) is 0 Å². The van der Waals surface area contributed by atoms with Gasteiger partial charge in [-0.3, -0.25) is 0 Å². The van der Waals surface area contributed by atoms with Crippen molar-refractivity contribution in [1.29, 1.82) is 0 Å². The monoisotopic (exact) mass is 287 g/mol. The first-order valence-corrected chi connectivity index (χ1v) is 9.15. The Balaban J connectivity index is 1.74. The third kappa shape index (κ3) is 5.14. The number of benzene rings is 1. The molecule has 0 unspecified atom stereocenters. The maximum Gasteiger partial charge on any atom is -0.00187 e. The van der Waals surface area contributed by atoms with E-state index in [4.69, 9.17) is 0 Å². The van der Waals surface area contributed by atoms with Crippen molar-refractivity contribution in [3.63, 3.8) is 0 Å². The molecule has 0 amide bonds. The van der Waals surface area contributed by atoms with Crippen LogP contribution in [0, 0.1) is 0 Å². The average molecular weight is 287 g/mol. The first-order chi connectivity index (χ1) is 10.3. The molecule has 0 N–H and O–H groups in total. The van der Waals surface area contributed by atoms with Gasteiger partial charge >= 0.3 is 0 Å². The van der Waals surface area contributed by atoms with Gasteiger partial charge in [-0.2, -0.15) is 0 Å². The van der Waals surface area contributed by atoms with Crippen LogP contribution in [0.1, 0.15) is 75.8 Å². The SMILES string of the molecule is CCCN(CCC)CCCC[C@H]1CCCc2ccccc21. The van der Waals surface area contributed by atoms with Crippen molar-refractivity contribution in [2.75, 3.05) is 19.6 Å². The molecule has 1 nitrogen and oxygen atoms in total. The summed E-state index contributed by atoms with van der Waals surface area (Å²) in [5.74, 6) is 0.834. The number of nitrogens with zero attached hydrogens (tertiary/aromatic N) is 1. The summed E-state index contributed by atoms with van der Waals surface area (Å²) in [5, 5.41) is 0. The number of hydrogen-bond acceptors (Lipinski definition) is 1. The van der Waals surface area contributed by atoms with E-state index in [0.717, 1.165) is 5.92 Å². The van der Waals surface area contributed by atoms with Crippen molar-refractivity contribution in [2.45, 2.75) is 71.1 Å². The second kappa shape index (κ2) is 9.25. The summed E-state index contributed by atoms with van der Waals surface area (Å²) in [7, 11) is 0. The molecular formula is C20H33N. The zero-order valence-corrected chi connectivity index (χ0v) is 14.1. The van der Waals surface area contributed by atoms with E-state index in [0.29, 0.717) is 0 Å². The molecule has 0 aromatic heterocycles. The van der Waals surface area contributed by atoms with Crippen LogP contribution in [0.3, 0.4) is 0 Å². The molecule has 118 valence electrons. The molecule has 0 spiro atoms. The molecule has 0 bridgehead atoms. The van der Waals surface area contributed by atoms with Crippen LogP contribution in [-0.4, -0.2) is 24.5 Å². The highest BCUT2D eigenvalue weighted by Gasteiger charge is 2.19. The maximum absolute atomic E-state index is 2.65. The van der Waals surface area contributed by atoms with Gasteiger partial charge in [0.15, 0.2) is 0 Å². The molecule has 0 saturated carbocycles. The smallest absolute Gasteiger partial charge is 0.00187 e. The fourth-order valence-corrected chi connectivity index (χ4v) is 3.85. The van der Waals surface area contributed by atoms with Crippen molar-refractivity contribution in [2.24, 2.45) is 0 Å². The molecule has 1 aliphatic rings. The largest absolute Gasteiger partial charge is 0.303 e. The predicted molar refractivity (Wildman–Crippen MR) is 93.0 cm³/mol. The summed E-state index contributed by atoms with van der Waals surface area (Å²) >= 11 is 0. The molecule has 1 aliphatic carbocycles. The lowest BCUT2D eigenvalue weighted by molar-refractivity contribution is 0.266. The quantitative estimate of drug-likeness (QED) is 0.550. The lowest BCUT2D eigenvalue weighted by Crippen LogP contribution is -2.26. The lowest BCUT2D eigenvalue weighted by Gasteiger charge is -2.26. The highest BCUT2D eigenvalue weighted by molar-refractivity contribution is 5.32. The summed E-state index contributed by atoms with van der Waals surface area (Å²) < 4.78 is 0. The van der Waals surface area contributed by atoms with E-state index in [1.54, 1.807) is 11.1 Å². The van der Waals surface area contributed by atoms with Crippen LogP contribution in [0.25, 0.3) is 0 Å². The molecule has 0 aliphatic heterocycles. The van der Waals surface area contributed by atoms with Crippen molar-refractivity contribution in [1.82, 2.24) is 4.90 Å². The van der Waals surface area contributed by atoms with Crippen molar-refractivity contribution in [3.05, 3.63) is 35.4 Å². The maximum atomic E-state index is 2.65. The molecule has 1 aromatic carbocycles. The van der Waals surface area contributed by atoms with Crippen LogP contribution in [0.5, 0.6) is 0 Å². The number of aryl methyl sites for hydroxylation is 1. The number of fused-ring (bicyclic) bond motifs is 1. The summed E-state index contributed by atoms with van der Waals surface area (Å²) in [5.41, 5.74) is 3.27. The van der Waals surface area contributed by atoms with Gasteiger partial charge in [0.25, 0.3) is 0 Å². The summed E-state index contributed by atoms with van der Waals surface area (Å²) in [6.07, 6.45) is 10.8. The molecule has 1 atom stereocenters. The molecule has 1 heteroatoms. The van der Waals surface area contributed by atoms with Gasteiger partial charge in [0.1, 0.15) is 0 Å². The van der Waals surface area contributed by atoms with Crippen LogP contribution < -0.4 is 0 Å². The third-order valence-electron chi connectivity index (χ3n) is 4.85. The van der Waals surface area contributed by atoms with Gasteiger partial charge in [-0.05, 0) is 81.6 Å². The van der Waals surface area contributed by atoms with Gasteiger partial charge in [-0.25, -0.2) is 0 Å². The Morgan fingerprint density at radius 2 is 1.76 bits per heavy atom. The summed E-state index contributed by atoms with van der Waals surface area (Å²) in [4.78, 5) is 2.65. The Labute approximate surface area is 131 Å². The summed E-state index contributed by atoms with van der Waals surface area (Å²) in [6.45, 7) is 8.44. The van der Waals surface area contributed by atoms with Gasteiger partial charge in [-0.1, -0.05) is 44.5 Å². The van der Waals surface area contributed by atoms with Crippen LogP contribution >= 0.6 is 0 Å². The zero-order valence-electron chi connectivity index (χ0n) is 14.1. The van der Waals surface area contributed by atoms with E-state index in [1.807, 2.05) is 0 Å². The first kappa shape index (κ1) is 16.5. The minimum atomic E-state index is 0.834. The second-order valence-corrected chi connectivity index (χ2v) is 6.63. The molecule has 0 fully saturated rings. The average Bonchev–Trinajstić information content (AvgIpc) is 2.52. The third-order valence-corrected chi connectivity index (χ3v) is 4.85. The zero-order chi connectivity index (χ0) is 14.9. The van der Waals surface area contributed by atoms with E-state index in [2.05, 4.69) is 43.0 Å². The molecule has 1 aromatic rings. The van der Waals surface area contributed by atoms with E-state index >= 15 is 0 Å². The second-order valence-electron chi connectivity index (χ2n) is 6.63. The standard InChI is InChI=1S/C20H33N/c1-3-15-21(16-4-2)17-8-7-11-19-13-9-12-18-10-5-6-14-20(18)19/h5-6,10,14,19H,3-4,7-9,11-13,15-17H2,1-2H3/t19-/m0/s1. The lowest BCUT2D eigenvalue weighted by atomic mass is 9.80. The van der Waals surface area contributed by atoms with Crippen molar-refractivity contribution in [3.8, 4) is 0 Å². The topological polar surface area (TPSA) is 3.24 Å². The molecule has 21 heavy (non-hydrogen) atoms. The van der Waals surface area contributed by atoms with Crippen molar-refractivity contribution < 1.29 is 0 Å². The van der Waals surface area contributed by atoms with Crippen LogP contribution in [0.2, 0.25) is 0 Å². The predicted octanol–water partition coefficient (Wildman–Crippen LogP) is 5.40. The van der Waals surface area contributed by atoms with Gasteiger partial charge in [-0.15, -0.1) is 0 Å². The number of unbranched alkanes of at least 4 members (excludes halogenated alkanes) is 1. The Hall–Kier alpha value is -0.820. The first-order valence-electron chi connectivity index (χ1n) is 9.15. The minimum absolute atomic E-state index is 0.834. The highest BCUT2D eigenvalue weighted by atomic mass is 15.1. The fourth-order valence-electron chi connectivity index (χ4n) is 3.85. The van der Waals surface area contributed by atoms with Crippen LogP contribution in [0.4, 0.5) is 0 Å². The fraction of sp³-hybridized carbons (Fsp3) is 0.700. The Morgan fingerprint density at radius 1 is 1.00 bits per heavy atom. The number of hydrogen-bond donors (Lipinski definition) is 0. The van der Waals surface area contributed by atoms with Crippen LogP contribution in [0.15, 0.2) is 24.3 Å². The highest BCUT2D eigenvalue weighted by Crippen LogP contribution is 2.34. The molecule has 0 heterocycles. The van der Waals surface area contributed by atoms with Crippen molar-refractivity contribution >= 4 is 0 Å². The molecule has 0 radical (unpaired) electrons. The van der Waals surface area contributed by atoms with Gasteiger partial charge < -0.3 is 4.90 Å². The summed E-state index contributed by atoms with van der Waals surface area (Å²) in [6, 6.07) is 9.14. The Bertz CT molecular complexity index is 393. The van der Waals surface area contributed by atoms with Gasteiger partial charge in [0.05, 0.1) is 0 Å². The van der Waals surface area contributed by atoms with E-state index in [-0.39, 0.29) is 0 Å². The Kier molecular flexibility index (Phi) is 7.29. The van der Waals surface area contributed by atoms with Gasteiger partial charge in [0, 0.05) is 0 Å². The molecular weight excluding hydrogens is 254 g/mol. The Morgan fingerprint density at radius 3 is 2.52 bits per heavy atom. The number of rotatable bonds is 9.